The highest BCUT2D eigenvalue weighted by molar-refractivity contribution is 5.91. The van der Waals surface area contributed by atoms with Gasteiger partial charge in [0.1, 0.15) is 42.5 Å². The monoisotopic (exact) mass is 404 g/mol. The Labute approximate surface area is 168 Å². The van der Waals surface area contributed by atoms with E-state index in [1.165, 1.54) is 7.11 Å². The van der Waals surface area contributed by atoms with Gasteiger partial charge in [-0.3, -0.25) is 0 Å². The molecule has 3 N–H and O–H groups in total. The molecule has 1 heterocycles. The minimum Gasteiger partial charge on any atom is -0.459 e. The first-order chi connectivity index (χ1) is 13.9. The smallest absolute Gasteiger partial charge is 0.338 e. The number of hydrogen-bond donors (Lipinski definition) is 3. The Morgan fingerprint density at radius 3 is 2.38 bits per heavy atom. The first-order valence-corrected chi connectivity index (χ1v) is 9.14. The molecule has 8 nitrogen and oxygen atoms in total. The van der Waals surface area contributed by atoms with Crippen LogP contribution >= 0.6 is 0 Å². The van der Waals surface area contributed by atoms with Gasteiger partial charge in [0.05, 0.1) is 5.56 Å². The highest BCUT2D eigenvalue weighted by atomic mass is 16.7. The molecule has 2 aromatic rings. The van der Waals surface area contributed by atoms with E-state index in [9.17, 15) is 20.1 Å². The molecule has 0 unspecified atom stereocenters. The van der Waals surface area contributed by atoms with Gasteiger partial charge in [-0.25, -0.2) is 4.79 Å². The largest absolute Gasteiger partial charge is 0.459 e. The van der Waals surface area contributed by atoms with E-state index in [4.69, 9.17) is 18.9 Å². The fourth-order valence-corrected chi connectivity index (χ4v) is 3.04. The summed E-state index contributed by atoms with van der Waals surface area (Å²) in [7, 11) is 1.30. The van der Waals surface area contributed by atoms with Crippen molar-refractivity contribution in [2.45, 2.75) is 37.6 Å². The Morgan fingerprint density at radius 2 is 1.72 bits per heavy atom. The lowest BCUT2D eigenvalue weighted by molar-refractivity contribution is -0.294. The molecule has 0 amide bonds. The molecule has 5 atom stereocenters. The Hall–Kier alpha value is -2.49. The van der Waals surface area contributed by atoms with E-state index in [0.717, 1.165) is 0 Å². The number of aliphatic hydroxyl groups is 3. The number of hydrogen-bond acceptors (Lipinski definition) is 8. The zero-order chi connectivity index (χ0) is 21.0. The van der Waals surface area contributed by atoms with Crippen molar-refractivity contribution in [3.05, 3.63) is 59.7 Å². The van der Waals surface area contributed by atoms with Gasteiger partial charge in [-0.1, -0.05) is 18.2 Å². The Bertz CT molecular complexity index is 823. The summed E-state index contributed by atoms with van der Waals surface area (Å²) in [6.45, 7) is 1.44. The van der Waals surface area contributed by atoms with Crippen LogP contribution in [-0.4, -0.2) is 65.7 Å². The second kappa shape index (κ2) is 9.34. The van der Waals surface area contributed by atoms with Crippen molar-refractivity contribution in [1.29, 1.82) is 0 Å². The molecule has 3 rings (SSSR count). The van der Waals surface area contributed by atoms with Crippen molar-refractivity contribution in [2.24, 2.45) is 0 Å². The second-order valence-corrected chi connectivity index (χ2v) is 6.74. The topological polar surface area (TPSA) is 115 Å². The van der Waals surface area contributed by atoms with Crippen molar-refractivity contribution < 1.29 is 39.1 Å². The summed E-state index contributed by atoms with van der Waals surface area (Å²) in [6.07, 6.45) is -6.47. The van der Waals surface area contributed by atoms with Gasteiger partial charge in [0.15, 0.2) is 6.29 Å². The number of methoxy groups -OCH3 is 1. The maximum absolute atomic E-state index is 12.4. The summed E-state index contributed by atoms with van der Waals surface area (Å²) in [5, 5.41) is 29.7. The average molecular weight is 404 g/mol. The van der Waals surface area contributed by atoms with Gasteiger partial charge in [-0.15, -0.1) is 0 Å². The number of carbonyl (C=O) groups is 1. The summed E-state index contributed by atoms with van der Waals surface area (Å²) < 4.78 is 21.3. The predicted molar refractivity (Wildman–Crippen MR) is 102 cm³/mol. The molecule has 0 saturated carbocycles. The highest BCUT2D eigenvalue weighted by Gasteiger charge is 2.44. The average Bonchev–Trinajstić information content (AvgIpc) is 2.72. The first-order valence-electron chi connectivity index (χ1n) is 9.14. The number of esters is 1. The third kappa shape index (κ3) is 4.92. The maximum atomic E-state index is 12.4. The van der Waals surface area contributed by atoms with Crippen molar-refractivity contribution in [3.8, 4) is 11.5 Å². The SMILES string of the molecule is CO[C@@H]1O[C@H](COC(=O)c2ccc(Oc3ccccc3)cc2C)[C@@H](O)[C@H](O)[C@H]1O. The van der Waals surface area contributed by atoms with Crippen LogP contribution in [0.3, 0.4) is 0 Å². The standard InChI is InChI=1S/C21H24O8/c1-12-10-14(28-13-6-4-3-5-7-13)8-9-15(12)20(25)27-11-16-17(22)18(23)19(24)21(26-2)29-16/h3-10,16-19,21-24H,11H2,1-2H3/t16-,17-,18+,19-,21-/m1/s1. The molecule has 1 aliphatic rings. The minimum absolute atomic E-state index is 0.314. The molecule has 0 bridgehead atoms. The summed E-state index contributed by atoms with van der Waals surface area (Å²) >= 11 is 0. The number of aliphatic hydroxyl groups excluding tert-OH is 3. The number of carbonyl (C=O) groups excluding carboxylic acids is 1. The van der Waals surface area contributed by atoms with Crippen LogP contribution in [-0.2, 0) is 14.2 Å². The third-order valence-electron chi connectivity index (χ3n) is 4.68. The molecule has 0 aliphatic carbocycles. The van der Waals surface area contributed by atoms with E-state index in [1.54, 1.807) is 25.1 Å². The number of ether oxygens (including phenoxy) is 4. The van der Waals surface area contributed by atoms with Crippen LogP contribution in [0.2, 0.25) is 0 Å². The minimum atomic E-state index is -1.48. The van der Waals surface area contributed by atoms with E-state index >= 15 is 0 Å². The molecule has 0 radical (unpaired) electrons. The second-order valence-electron chi connectivity index (χ2n) is 6.74. The van der Waals surface area contributed by atoms with Crippen molar-refractivity contribution in [1.82, 2.24) is 0 Å². The molecular weight excluding hydrogens is 380 g/mol. The molecule has 2 aromatic carbocycles. The number of rotatable bonds is 6. The van der Waals surface area contributed by atoms with E-state index in [2.05, 4.69) is 0 Å². The summed E-state index contributed by atoms with van der Waals surface area (Å²) in [4.78, 5) is 12.4. The number of benzene rings is 2. The summed E-state index contributed by atoms with van der Waals surface area (Å²) in [5.74, 6) is 0.648. The van der Waals surface area contributed by atoms with Crippen LogP contribution in [0.15, 0.2) is 48.5 Å². The molecule has 29 heavy (non-hydrogen) atoms. The van der Waals surface area contributed by atoms with Crippen molar-refractivity contribution in [2.75, 3.05) is 13.7 Å². The van der Waals surface area contributed by atoms with Gasteiger partial charge in [-0.05, 0) is 42.8 Å². The normalized spacial score (nSPS) is 26.7. The van der Waals surface area contributed by atoms with Crippen LogP contribution in [0, 0.1) is 6.92 Å². The van der Waals surface area contributed by atoms with Crippen molar-refractivity contribution >= 4 is 5.97 Å². The summed E-state index contributed by atoms with van der Waals surface area (Å²) in [5.41, 5.74) is 0.985. The van der Waals surface area contributed by atoms with Gasteiger partial charge >= 0.3 is 5.97 Å². The maximum Gasteiger partial charge on any atom is 0.338 e. The predicted octanol–water partition coefficient (Wildman–Crippen LogP) is 1.40. The Morgan fingerprint density at radius 1 is 1.00 bits per heavy atom. The van der Waals surface area contributed by atoms with E-state index < -0.39 is 36.7 Å². The lowest BCUT2D eigenvalue weighted by atomic mass is 9.99. The van der Waals surface area contributed by atoms with Crippen LogP contribution in [0.25, 0.3) is 0 Å². The first kappa shape index (κ1) is 21.2. The van der Waals surface area contributed by atoms with Crippen LogP contribution < -0.4 is 4.74 Å². The number of para-hydroxylation sites is 1. The van der Waals surface area contributed by atoms with Gasteiger partial charge < -0.3 is 34.3 Å². The van der Waals surface area contributed by atoms with Crippen LogP contribution in [0.1, 0.15) is 15.9 Å². The molecule has 1 saturated heterocycles. The molecule has 8 heteroatoms. The molecule has 1 fully saturated rings. The zero-order valence-corrected chi connectivity index (χ0v) is 16.1. The molecule has 0 aromatic heterocycles. The van der Waals surface area contributed by atoms with E-state index in [1.807, 2.05) is 30.3 Å². The van der Waals surface area contributed by atoms with Gasteiger partial charge in [0.2, 0.25) is 0 Å². The number of aryl methyl sites for hydroxylation is 1. The van der Waals surface area contributed by atoms with Crippen LogP contribution in [0.4, 0.5) is 0 Å². The Kier molecular flexibility index (Phi) is 6.83. The fourth-order valence-electron chi connectivity index (χ4n) is 3.04. The van der Waals surface area contributed by atoms with Gasteiger partial charge in [0.25, 0.3) is 0 Å². The Balaban J connectivity index is 1.62. The third-order valence-corrected chi connectivity index (χ3v) is 4.68. The molecule has 156 valence electrons. The van der Waals surface area contributed by atoms with Gasteiger partial charge in [-0.2, -0.15) is 0 Å². The quantitative estimate of drug-likeness (QED) is 0.619. The lowest BCUT2D eigenvalue weighted by Gasteiger charge is -2.39. The molecular formula is C21H24O8. The fraction of sp³-hybridized carbons (Fsp3) is 0.381. The van der Waals surface area contributed by atoms with E-state index in [0.29, 0.717) is 22.6 Å². The van der Waals surface area contributed by atoms with Crippen LogP contribution in [0.5, 0.6) is 11.5 Å². The zero-order valence-electron chi connectivity index (χ0n) is 16.1. The van der Waals surface area contributed by atoms with Crippen molar-refractivity contribution in [3.63, 3.8) is 0 Å². The lowest BCUT2D eigenvalue weighted by Crippen LogP contribution is -2.59. The van der Waals surface area contributed by atoms with E-state index in [-0.39, 0.29) is 6.61 Å². The highest BCUT2D eigenvalue weighted by Crippen LogP contribution is 2.25. The molecule has 1 aliphatic heterocycles. The summed E-state index contributed by atoms with van der Waals surface area (Å²) in [6, 6.07) is 14.2. The van der Waals surface area contributed by atoms with Gasteiger partial charge in [0, 0.05) is 7.11 Å². The molecule has 0 spiro atoms.